The highest BCUT2D eigenvalue weighted by Gasteiger charge is 2.30. The average molecular weight is 216 g/mol. The number of aliphatic hydroxyl groups is 1. The fourth-order valence-corrected chi connectivity index (χ4v) is 1.49. The second-order valence-corrected chi connectivity index (χ2v) is 4.59. The van der Waals surface area contributed by atoms with Crippen LogP contribution in [0.4, 0.5) is 0 Å². The van der Waals surface area contributed by atoms with Crippen LogP contribution in [0.25, 0.3) is 0 Å². The quantitative estimate of drug-likeness (QED) is 0.584. The number of nitrogens with two attached hydrogens (primary N) is 1. The molecule has 4 N–H and O–H groups in total. The maximum Gasteiger partial charge on any atom is 0.249 e. The third-order valence-corrected chi connectivity index (χ3v) is 2.36. The number of nitrogens with one attached hydrogen (secondary N) is 1. The fraction of sp³-hybridized carbons (Fsp3) is 0.900. The molecule has 2 atom stereocenters. The van der Waals surface area contributed by atoms with E-state index >= 15 is 0 Å². The molecule has 2 unspecified atom stereocenters. The Kier molecular flexibility index (Phi) is 4.07. The summed E-state index contributed by atoms with van der Waals surface area (Å²) in [5.41, 5.74) is 4.56. The lowest BCUT2D eigenvalue weighted by Crippen LogP contribution is -2.43. The molecular formula is C10H20N2O3. The highest BCUT2D eigenvalue weighted by Crippen LogP contribution is 2.18. The zero-order chi connectivity index (χ0) is 11.5. The lowest BCUT2D eigenvalue weighted by Gasteiger charge is -2.19. The van der Waals surface area contributed by atoms with Gasteiger partial charge >= 0.3 is 0 Å². The number of rotatable bonds is 4. The van der Waals surface area contributed by atoms with Crippen LogP contribution in [0, 0.1) is 0 Å². The van der Waals surface area contributed by atoms with E-state index in [9.17, 15) is 9.90 Å². The molecule has 1 saturated heterocycles. The fourth-order valence-electron chi connectivity index (χ4n) is 1.49. The number of hydrogen-bond donors (Lipinski definition) is 3. The summed E-state index contributed by atoms with van der Waals surface area (Å²) < 4.78 is 5.42. The summed E-state index contributed by atoms with van der Waals surface area (Å²) in [6.45, 7) is 3.98. The van der Waals surface area contributed by atoms with Crippen molar-refractivity contribution in [2.75, 3.05) is 13.1 Å². The summed E-state index contributed by atoms with van der Waals surface area (Å²) in [6.07, 6.45) is 1.14. The number of ether oxygens (including phenoxy) is 1. The van der Waals surface area contributed by atoms with E-state index in [1.54, 1.807) is 13.8 Å². The first-order chi connectivity index (χ1) is 6.92. The van der Waals surface area contributed by atoms with Crippen LogP contribution in [0.15, 0.2) is 0 Å². The third-order valence-electron chi connectivity index (χ3n) is 2.36. The van der Waals surface area contributed by atoms with Gasteiger partial charge in [0.05, 0.1) is 11.7 Å². The molecule has 0 aromatic carbocycles. The maximum atomic E-state index is 11.6. The molecule has 1 aliphatic rings. The minimum Gasteiger partial charge on any atom is -0.389 e. The van der Waals surface area contributed by atoms with Crippen LogP contribution in [0.3, 0.4) is 0 Å². The summed E-state index contributed by atoms with van der Waals surface area (Å²) in [6, 6.07) is 0. The molecule has 1 fully saturated rings. The van der Waals surface area contributed by atoms with Crippen molar-refractivity contribution in [1.29, 1.82) is 0 Å². The molecule has 0 aliphatic carbocycles. The van der Waals surface area contributed by atoms with Gasteiger partial charge in [-0.05, 0) is 26.7 Å². The summed E-state index contributed by atoms with van der Waals surface area (Å²) in [5, 5.41) is 12.1. The largest absolute Gasteiger partial charge is 0.389 e. The summed E-state index contributed by atoms with van der Waals surface area (Å²) in [5.74, 6) is -0.159. The Labute approximate surface area is 90.0 Å². The van der Waals surface area contributed by atoms with E-state index in [1.807, 2.05) is 0 Å². The van der Waals surface area contributed by atoms with E-state index in [-0.39, 0.29) is 18.6 Å². The molecule has 5 heteroatoms. The molecule has 0 spiro atoms. The van der Waals surface area contributed by atoms with Crippen molar-refractivity contribution >= 4 is 5.91 Å². The summed E-state index contributed by atoms with van der Waals surface area (Å²) in [7, 11) is 0. The predicted octanol–water partition coefficient (Wildman–Crippen LogP) is -0.620. The Morgan fingerprint density at radius 1 is 1.60 bits per heavy atom. The van der Waals surface area contributed by atoms with E-state index < -0.39 is 11.7 Å². The van der Waals surface area contributed by atoms with Gasteiger partial charge in [-0.2, -0.15) is 0 Å². The second-order valence-electron chi connectivity index (χ2n) is 4.59. The standard InChI is InChI=1S/C10H20N2O3/c1-10(2,14)6-12-9(13)8-4-3-7(5-11)15-8/h7-8,14H,3-6,11H2,1-2H3,(H,12,13). The van der Waals surface area contributed by atoms with E-state index in [4.69, 9.17) is 10.5 Å². The van der Waals surface area contributed by atoms with Crippen LogP contribution in [-0.4, -0.2) is 41.9 Å². The van der Waals surface area contributed by atoms with Gasteiger partial charge in [0.15, 0.2) is 0 Å². The highest BCUT2D eigenvalue weighted by atomic mass is 16.5. The van der Waals surface area contributed by atoms with Crippen molar-refractivity contribution in [2.24, 2.45) is 5.73 Å². The first-order valence-electron chi connectivity index (χ1n) is 5.28. The molecule has 88 valence electrons. The monoisotopic (exact) mass is 216 g/mol. The van der Waals surface area contributed by atoms with Crippen molar-refractivity contribution in [2.45, 2.75) is 44.5 Å². The van der Waals surface area contributed by atoms with Gasteiger partial charge in [-0.1, -0.05) is 0 Å². The van der Waals surface area contributed by atoms with Crippen molar-refractivity contribution in [3.63, 3.8) is 0 Å². The molecule has 0 bridgehead atoms. The molecular weight excluding hydrogens is 196 g/mol. The van der Waals surface area contributed by atoms with Crippen LogP contribution in [0.5, 0.6) is 0 Å². The van der Waals surface area contributed by atoms with Gasteiger partial charge in [0.1, 0.15) is 6.10 Å². The third kappa shape index (κ3) is 4.15. The van der Waals surface area contributed by atoms with Gasteiger partial charge in [0.25, 0.3) is 0 Å². The van der Waals surface area contributed by atoms with Crippen LogP contribution < -0.4 is 11.1 Å². The lowest BCUT2D eigenvalue weighted by atomic mass is 10.1. The van der Waals surface area contributed by atoms with E-state index in [1.165, 1.54) is 0 Å². The molecule has 0 saturated carbocycles. The van der Waals surface area contributed by atoms with Gasteiger partial charge in [-0.25, -0.2) is 0 Å². The number of carbonyl (C=O) groups excluding carboxylic acids is 1. The van der Waals surface area contributed by atoms with Gasteiger partial charge in [0.2, 0.25) is 5.91 Å². The average Bonchev–Trinajstić information content (AvgIpc) is 2.61. The number of hydrogen-bond acceptors (Lipinski definition) is 4. The van der Waals surface area contributed by atoms with E-state index in [2.05, 4.69) is 5.32 Å². The van der Waals surface area contributed by atoms with Gasteiger partial charge < -0.3 is 20.9 Å². The molecule has 15 heavy (non-hydrogen) atoms. The van der Waals surface area contributed by atoms with Crippen LogP contribution in [0.2, 0.25) is 0 Å². The predicted molar refractivity (Wildman–Crippen MR) is 56.3 cm³/mol. The van der Waals surface area contributed by atoms with Gasteiger partial charge in [-0.3, -0.25) is 4.79 Å². The minimum absolute atomic E-state index is 0.00267. The topological polar surface area (TPSA) is 84.6 Å². The van der Waals surface area contributed by atoms with Crippen molar-refractivity contribution in [3.05, 3.63) is 0 Å². The molecule has 0 aromatic rings. The molecule has 0 radical (unpaired) electrons. The molecule has 1 rings (SSSR count). The minimum atomic E-state index is -0.887. The van der Waals surface area contributed by atoms with Crippen LogP contribution in [-0.2, 0) is 9.53 Å². The van der Waals surface area contributed by atoms with Crippen molar-refractivity contribution in [1.82, 2.24) is 5.32 Å². The number of carbonyl (C=O) groups is 1. The summed E-state index contributed by atoms with van der Waals surface area (Å²) >= 11 is 0. The highest BCUT2D eigenvalue weighted by molar-refractivity contribution is 5.81. The molecule has 0 aromatic heterocycles. The molecule has 1 aliphatic heterocycles. The molecule has 1 heterocycles. The zero-order valence-electron chi connectivity index (χ0n) is 9.32. The maximum absolute atomic E-state index is 11.6. The first-order valence-corrected chi connectivity index (χ1v) is 5.28. The Hall–Kier alpha value is -0.650. The van der Waals surface area contributed by atoms with E-state index in [0.717, 1.165) is 6.42 Å². The second kappa shape index (κ2) is 4.92. The van der Waals surface area contributed by atoms with Gasteiger partial charge in [0, 0.05) is 13.1 Å². The van der Waals surface area contributed by atoms with Gasteiger partial charge in [-0.15, -0.1) is 0 Å². The Morgan fingerprint density at radius 2 is 2.27 bits per heavy atom. The first kappa shape index (κ1) is 12.4. The van der Waals surface area contributed by atoms with Crippen molar-refractivity contribution < 1.29 is 14.6 Å². The van der Waals surface area contributed by atoms with Crippen molar-refractivity contribution in [3.8, 4) is 0 Å². The SMILES string of the molecule is CC(C)(O)CNC(=O)C1CCC(CN)O1. The Bertz CT molecular complexity index is 225. The molecule has 1 amide bonds. The Morgan fingerprint density at radius 3 is 2.73 bits per heavy atom. The normalized spacial score (nSPS) is 26.7. The smallest absolute Gasteiger partial charge is 0.249 e. The van der Waals surface area contributed by atoms with Crippen LogP contribution in [0.1, 0.15) is 26.7 Å². The van der Waals surface area contributed by atoms with E-state index in [0.29, 0.717) is 13.0 Å². The molecule has 5 nitrogen and oxygen atoms in total. The lowest BCUT2D eigenvalue weighted by molar-refractivity contribution is -0.132. The number of amides is 1. The zero-order valence-corrected chi connectivity index (χ0v) is 9.32. The van der Waals surface area contributed by atoms with Crippen LogP contribution >= 0.6 is 0 Å². The summed E-state index contributed by atoms with van der Waals surface area (Å²) in [4.78, 5) is 11.6. The Balaban J connectivity index is 2.30.